The van der Waals surface area contributed by atoms with E-state index in [1.54, 1.807) is 0 Å². The van der Waals surface area contributed by atoms with Gasteiger partial charge in [0.1, 0.15) is 0 Å². The summed E-state index contributed by atoms with van der Waals surface area (Å²) >= 11 is 0.663. The molecule has 0 aliphatic heterocycles. The molecule has 1 aromatic heterocycles. The molecule has 0 N–H and O–H groups in total. The molecule has 0 bridgehead atoms. The molecular formula is C44H26S. The normalized spacial score (nSPS) is 19.8. The molecule has 0 unspecified atom stereocenters. The molecule has 0 nitrogen and oxygen atoms in total. The first-order valence-corrected chi connectivity index (χ1v) is 14.3. The van der Waals surface area contributed by atoms with E-state index < -0.39 is 211 Å². The van der Waals surface area contributed by atoms with Crippen molar-refractivity contribution in [2.75, 3.05) is 0 Å². The maximum atomic E-state index is 10.0. The molecule has 0 aliphatic rings. The fraction of sp³-hybridized carbons (Fsp3) is 0. The topological polar surface area (TPSA) is 0 Å². The molecule has 1 heteroatoms. The highest BCUT2D eigenvalue weighted by Crippen LogP contribution is 2.51. The molecule has 0 radical (unpaired) electrons. The van der Waals surface area contributed by atoms with Gasteiger partial charge in [0.2, 0.25) is 0 Å². The molecule has 0 amide bonds. The van der Waals surface area contributed by atoms with E-state index in [4.69, 9.17) is 21.9 Å². The van der Waals surface area contributed by atoms with Crippen molar-refractivity contribution in [1.82, 2.24) is 0 Å². The Hall–Kier alpha value is -5.50. The van der Waals surface area contributed by atoms with Crippen LogP contribution < -0.4 is 0 Å². The average molecular weight is 612 g/mol. The van der Waals surface area contributed by atoms with Crippen LogP contribution in [0.2, 0.25) is 0 Å². The summed E-state index contributed by atoms with van der Waals surface area (Å²) in [7, 11) is 0. The van der Waals surface area contributed by atoms with E-state index in [9.17, 15) is 12.3 Å². The molecule has 0 spiro atoms. The van der Waals surface area contributed by atoms with Crippen LogP contribution >= 0.6 is 11.3 Å². The number of fused-ring (bicyclic) bond motifs is 10. The van der Waals surface area contributed by atoms with Crippen LogP contribution in [0.25, 0.3) is 96.3 Å². The van der Waals surface area contributed by atoms with Crippen molar-refractivity contribution < 1.29 is 34.3 Å². The third kappa shape index (κ3) is 3.53. The summed E-state index contributed by atoms with van der Waals surface area (Å²) in [5.41, 5.74) is -2.32. The molecule has 10 rings (SSSR count). The smallest absolute Gasteiger partial charge is 0.0638 e. The molecule has 10 aromatic rings. The SMILES string of the molecule is [2H]c1cc([2H])c2c(c1[2H])c([2H])c([2H])c1sc3c(-c4c5c([2H])c([2H])c([2H])c([2H])c5c(-c5c([2H])c([2H])c([2H])c6c([2H])c([2H])c([2H])c([2H])c56)c5c([2H])c([2H])c([2H])c([2H])c45)c([2H])c4c([2H])c([2H])c([2H])c([2H])c4c3c12. The zero-order valence-corrected chi connectivity index (χ0v) is 23.3. The Bertz CT molecular complexity index is 4140. The fourth-order valence-electron chi connectivity index (χ4n) is 6.01. The molecule has 45 heavy (non-hydrogen) atoms. The minimum Gasteiger partial charge on any atom is -0.134 e. The summed E-state index contributed by atoms with van der Waals surface area (Å²) < 4.78 is 226. The van der Waals surface area contributed by atoms with Crippen LogP contribution in [-0.4, -0.2) is 0 Å². The minimum absolute atomic E-state index is 0.113. The lowest BCUT2D eigenvalue weighted by Crippen LogP contribution is -1.92. The van der Waals surface area contributed by atoms with Crippen LogP contribution in [0.1, 0.15) is 34.3 Å². The molecule has 0 saturated heterocycles. The molecule has 0 fully saturated rings. The average Bonchev–Trinajstić information content (AvgIpc) is 3.71. The molecular weight excluding hydrogens is 561 g/mol. The number of thiophene rings is 1. The van der Waals surface area contributed by atoms with Crippen LogP contribution in [0.15, 0.2) is 157 Å². The number of rotatable bonds is 2. The largest absolute Gasteiger partial charge is 0.134 e. The summed E-state index contributed by atoms with van der Waals surface area (Å²) in [6, 6.07) is -18.9. The third-order valence-electron chi connectivity index (χ3n) is 7.80. The summed E-state index contributed by atoms with van der Waals surface area (Å²) in [6.07, 6.45) is 0. The van der Waals surface area contributed by atoms with Gasteiger partial charge in [-0.15, -0.1) is 11.3 Å². The Morgan fingerprint density at radius 1 is 0.378 bits per heavy atom. The van der Waals surface area contributed by atoms with Gasteiger partial charge < -0.3 is 0 Å². The van der Waals surface area contributed by atoms with Crippen molar-refractivity contribution in [1.29, 1.82) is 0 Å². The predicted molar refractivity (Wildman–Crippen MR) is 198 cm³/mol. The van der Waals surface area contributed by atoms with E-state index in [-0.39, 0.29) is 36.3 Å². The zero-order chi connectivity index (χ0) is 51.2. The van der Waals surface area contributed by atoms with Gasteiger partial charge in [-0.05, 0) is 82.6 Å². The van der Waals surface area contributed by atoms with Crippen molar-refractivity contribution in [2.24, 2.45) is 0 Å². The van der Waals surface area contributed by atoms with E-state index in [2.05, 4.69) is 0 Å². The van der Waals surface area contributed by atoms with Gasteiger partial charge in [0.25, 0.3) is 0 Å². The van der Waals surface area contributed by atoms with E-state index >= 15 is 0 Å². The molecule has 0 saturated carbocycles. The highest BCUT2D eigenvalue weighted by molar-refractivity contribution is 7.26. The van der Waals surface area contributed by atoms with Crippen molar-refractivity contribution in [3.63, 3.8) is 0 Å². The summed E-state index contributed by atoms with van der Waals surface area (Å²) in [6.45, 7) is 0. The van der Waals surface area contributed by atoms with E-state index in [1.165, 1.54) is 0 Å². The Balaban J connectivity index is 1.64. The molecule has 0 atom stereocenters. The quantitative estimate of drug-likeness (QED) is 0.171. The molecule has 0 aliphatic carbocycles. The summed E-state index contributed by atoms with van der Waals surface area (Å²) in [5, 5.41) is -5.39. The van der Waals surface area contributed by atoms with Gasteiger partial charge in [-0.2, -0.15) is 0 Å². The second kappa shape index (κ2) is 9.50. The van der Waals surface area contributed by atoms with Crippen molar-refractivity contribution in [2.45, 2.75) is 0 Å². The van der Waals surface area contributed by atoms with Gasteiger partial charge in [0, 0.05) is 25.7 Å². The van der Waals surface area contributed by atoms with E-state index in [1.807, 2.05) is 0 Å². The predicted octanol–water partition coefficient (Wildman–Crippen LogP) is 13.2. The van der Waals surface area contributed by atoms with Gasteiger partial charge in [0.15, 0.2) is 0 Å². The van der Waals surface area contributed by atoms with Gasteiger partial charge in [-0.1, -0.05) is 145 Å². The molecule has 208 valence electrons. The van der Waals surface area contributed by atoms with Crippen LogP contribution in [0.4, 0.5) is 0 Å². The lowest BCUT2D eigenvalue weighted by Gasteiger charge is -2.19. The van der Waals surface area contributed by atoms with Gasteiger partial charge in [-0.25, -0.2) is 0 Å². The highest BCUT2D eigenvalue weighted by Gasteiger charge is 2.22. The Morgan fingerprint density at radius 2 is 0.911 bits per heavy atom. The molecule has 1 heterocycles. The summed E-state index contributed by atoms with van der Waals surface area (Å²) in [5.74, 6) is 0. The lowest BCUT2D eigenvalue weighted by atomic mass is 9.84. The van der Waals surface area contributed by atoms with Crippen molar-refractivity contribution in [3.05, 3.63) is 157 Å². The first-order chi connectivity index (χ1) is 32.7. The Labute approximate surface area is 299 Å². The van der Waals surface area contributed by atoms with E-state index in [0.29, 0.717) is 11.3 Å². The Morgan fingerprint density at radius 3 is 1.64 bits per heavy atom. The fourth-order valence-corrected chi connectivity index (χ4v) is 7.18. The monoisotopic (exact) mass is 611 g/mol. The first-order valence-electron chi connectivity index (χ1n) is 26.0. The maximum Gasteiger partial charge on any atom is 0.0638 e. The minimum atomic E-state index is -0.937. The van der Waals surface area contributed by atoms with Gasteiger partial charge >= 0.3 is 0 Å². The van der Waals surface area contributed by atoms with Gasteiger partial charge in [0.05, 0.1) is 34.3 Å². The standard InChI is InChI=1S/C44H26S/c1-4-16-30-27(12-1)15-11-23-33(30)40-34-19-7-9-21-36(34)41(37-22-10-8-20-35(37)40)38-26-29-14-3-6-18-32(29)43-42-31-17-5-2-13-28(31)24-25-39(42)45-44(38)43/h1-26H/i1D,2D,3D,4D,6D,7D,8D,9D,10D,11D,12D,13D,14D,15D,16D,17D,18D,19D,20D,21D,22D,23D,24D,25D,26D. The summed E-state index contributed by atoms with van der Waals surface area (Å²) in [4.78, 5) is 0. The van der Waals surface area contributed by atoms with Crippen LogP contribution in [0.5, 0.6) is 0 Å². The molecule has 9 aromatic carbocycles. The van der Waals surface area contributed by atoms with Crippen molar-refractivity contribution >= 4 is 85.4 Å². The lowest BCUT2D eigenvalue weighted by molar-refractivity contribution is 1.70. The van der Waals surface area contributed by atoms with Crippen LogP contribution in [-0.2, 0) is 0 Å². The number of benzene rings is 9. The zero-order valence-electron chi connectivity index (χ0n) is 47.5. The Kier molecular flexibility index (Phi) is 2.29. The van der Waals surface area contributed by atoms with Crippen LogP contribution in [0, 0.1) is 0 Å². The van der Waals surface area contributed by atoms with Gasteiger partial charge in [-0.3, -0.25) is 0 Å². The second-order valence-electron chi connectivity index (χ2n) is 10.1. The van der Waals surface area contributed by atoms with Crippen molar-refractivity contribution in [3.8, 4) is 22.3 Å². The first kappa shape index (κ1) is 10.8. The third-order valence-corrected chi connectivity index (χ3v) is 8.92. The highest BCUT2D eigenvalue weighted by atomic mass is 32.1. The number of hydrogen-bond donors (Lipinski definition) is 0. The second-order valence-corrected chi connectivity index (χ2v) is 11.1. The van der Waals surface area contributed by atoms with Crippen LogP contribution in [0.3, 0.4) is 0 Å². The number of hydrogen-bond acceptors (Lipinski definition) is 1. The van der Waals surface area contributed by atoms with E-state index in [0.717, 1.165) is 6.07 Å². The maximum absolute atomic E-state index is 10.0.